The highest BCUT2D eigenvalue weighted by Crippen LogP contribution is 2.31. The molecule has 122 valence electrons. The minimum absolute atomic E-state index is 0.0168. The van der Waals surface area contributed by atoms with Gasteiger partial charge in [-0.2, -0.15) is 0 Å². The molecule has 0 saturated heterocycles. The summed E-state index contributed by atoms with van der Waals surface area (Å²) in [6.45, 7) is 6.78. The molecule has 0 aliphatic carbocycles. The molecule has 0 radical (unpaired) electrons. The van der Waals surface area contributed by atoms with E-state index in [9.17, 15) is 10.1 Å². The Kier molecular flexibility index (Phi) is 3.97. The molecule has 0 spiro atoms. The van der Waals surface area contributed by atoms with Crippen molar-refractivity contribution < 1.29 is 4.92 Å². The number of hydrogen-bond acceptors (Lipinski definition) is 6. The molecule has 0 unspecified atom stereocenters. The first-order valence-corrected chi connectivity index (χ1v) is 7.77. The van der Waals surface area contributed by atoms with Gasteiger partial charge in [0.2, 0.25) is 5.82 Å². The lowest BCUT2D eigenvalue weighted by atomic mass is 10.0. The summed E-state index contributed by atoms with van der Waals surface area (Å²) in [5.74, 6) is 2.27. The van der Waals surface area contributed by atoms with Crippen LogP contribution in [0.4, 0.5) is 11.5 Å². The Hall–Kier alpha value is -2.51. The highest BCUT2D eigenvalue weighted by molar-refractivity contribution is 5.57. The minimum atomic E-state index is -0.409. The zero-order valence-corrected chi connectivity index (χ0v) is 13.5. The van der Waals surface area contributed by atoms with Gasteiger partial charge in [-0.25, -0.2) is 4.98 Å². The quantitative estimate of drug-likeness (QED) is 0.672. The predicted molar refractivity (Wildman–Crippen MR) is 85.2 cm³/mol. The van der Waals surface area contributed by atoms with Gasteiger partial charge in [0.25, 0.3) is 0 Å². The van der Waals surface area contributed by atoms with E-state index in [1.165, 1.54) is 6.07 Å². The molecule has 3 heterocycles. The molecule has 1 atom stereocenters. The summed E-state index contributed by atoms with van der Waals surface area (Å²) in [4.78, 5) is 15.1. The second-order valence-electron chi connectivity index (χ2n) is 6.23. The molecule has 23 heavy (non-hydrogen) atoms. The number of anilines is 1. The molecular weight excluding hydrogens is 296 g/mol. The molecule has 1 aliphatic heterocycles. The van der Waals surface area contributed by atoms with Crippen LogP contribution in [-0.4, -0.2) is 24.7 Å². The molecule has 1 aliphatic rings. The zero-order chi connectivity index (χ0) is 16.6. The lowest BCUT2D eigenvalue weighted by Gasteiger charge is -2.22. The van der Waals surface area contributed by atoms with Gasteiger partial charge in [-0.3, -0.25) is 10.1 Å². The molecule has 8 heteroatoms. The van der Waals surface area contributed by atoms with Crippen LogP contribution in [0.2, 0.25) is 0 Å². The fourth-order valence-electron chi connectivity index (χ4n) is 2.88. The summed E-state index contributed by atoms with van der Waals surface area (Å²) in [6.07, 6.45) is 3.62. The largest absolute Gasteiger partial charge is 0.354 e. The van der Waals surface area contributed by atoms with Crippen molar-refractivity contribution in [3.05, 3.63) is 39.6 Å². The first kappa shape index (κ1) is 15.4. The predicted octanol–water partition coefficient (Wildman–Crippen LogP) is 2.65. The summed E-state index contributed by atoms with van der Waals surface area (Å²) in [5.41, 5.74) is 0.739. The Morgan fingerprint density at radius 2 is 2.17 bits per heavy atom. The summed E-state index contributed by atoms with van der Waals surface area (Å²) < 4.78 is 2.11. The summed E-state index contributed by atoms with van der Waals surface area (Å²) >= 11 is 0. The van der Waals surface area contributed by atoms with Crippen molar-refractivity contribution in [2.24, 2.45) is 5.92 Å². The number of nitrogens with zero attached hydrogens (tertiary/aromatic N) is 5. The number of rotatable bonds is 5. The van der Waals surface area contributed by atoms with Gasteiger partial charge >= 0.3 is 5.69 Å². The molecule has 0 fully saturated rings. The minimum Gasteiger partial charge on any atom is -0.354 e. The van der Waals surface area contributed by atoms with Gasteiger partial charge in [0, 0.05) is 25.2 Å². The molecule has 0 amide bonds. The van der Waals surface area contributed by atoms with Gasteiger partial charge in [0.15, 0.2) is 5.82 Å². The van der Waals surface area contributed by atoms with E-state index in [0.29, 0.717) is 0 Å². The third-order valence-electron chi connectivity index (χ3n) is 4.08. The number of nitrogens with one attached hydrogen (secondary N) is 1. The number of nitro groups is 1. The summed E-state index contributed by atoms with van der Waals surface area (Å²) in [5, 5.41) is 23.0. The van der Waals surface area contributed by atoms with Crippen molar-refractivity contribution in [3.63, 3.8) is 0 Å². The molecule has 8 nitrogen and oxygen atoms in total. The van der Waals surface area contributed by atoms with Crippen molar-refractivity contribution in [1.29, 1.82) is 0 Å². The van der Waals surface area contributed by atoms with Crippen LogP contribution in [0, 0.1) is 23.0 Å². The Labute approximate surface area is 134 Å². The molecular formula is C15H20N6O2. The van der Waals surface area contributed by atoms with Crippen molar-refractivity contribution in [3.8, 4) is 0 Å². The van der Waals surface area contributed by atoms with E-state index in [4.69, 9.17) is 0 Å². The summed E-state index contributed by atoms with van der Waals surface area (Å²) in [6, 6.07) is 1.35. The van der Waals surface area contributed by atoms with Crippen LogP contribution in [0.25, 0.3) is 0 Å². The normalized spacial score (nSPS) is 14.8. The van der Waals surface area contributed by atoms with E-state index < -0.39 is 4.92 Å². The van der Waals surface area contributed by atoms with E-state index in [2.05, 4.69) is 25.1 Å². The van der Waals surface area contributed by atoms with Crippen molar-refractivity contribution in [2.45, 2.75) is 46.2 Å². The molecule has 0 bridgehead atoms. The molecule has 2 aromatic heterocycles. The number of fused-ring (bicyclic) bond motifs is 1. The van der Waals surface area contributed by atoms with Gasteiger partial charge in [-0.1, -0.05) is 13.8 Å². The number of aryl methyl sites for hydroxylation is 2. The third kappa shape index (κ3) is 2.88. The lowest BCUT2D eigenvalue weighted by Crippen LogP contribution is -2.22. The standard InChI is InChI=1S/C15H20N6O2/c1-9(2)13(15-19-18-12-5-4-6-20(12)15)17-14-11(21(22)23)7-10(3)8-16-14/h7-9,13H,4-6H2,1-3H3,(H,16,17)/t13-/m0/s1. The zero-order valence-electron chi connectivity index (χ0n) is 13.5. The van der Waals surface area contributed by atoms with Crippen LogP contribution in [0.1, 0.15) is 43.5 Å². The molecule has 2 aromatic rings. The monoisotopic (exact) mass is 316 g/mol. The van der Waals surface area contributed by atoms with Crippen molar-refractivity contribution in [1.82, 2.24) is 19.7 Å². The van der Waals surface area contributed by atoms with Crippen LogP contribution in [0.3, 0.4) is 0 Å². The highest BCUT2D eigenvalue weighted by Gasteiger charge is 2.28. The Bertz CT molecular complexity index is 740. The van der Waals surface area contributed by atoms with Crippen LogP contribution >= 0.6 is 0 Å². The Morgan fingerprint density at radius 3 is 2.87 bits per heavy atom. The summed E-state index contributed by atoms with van der Waals surface area (Å²) in [7, 11) is 0. The first-order chi connectivity index (χ1) is 11.0. The highest BCUT2D eigenvalue weighted by atomic mass is 16.6. The third-order valence-corrected chi connectivity index (χ3v) is 4.08. The average Bonchev–Trinajstić information content (AvgIpc) is 3.09. The molecule has 1 N–H and O–H groups in total. The lowest BCUT2D eigenvalue weighted by molar-refractivity contribution is -0.384. The SMILES string of the molecule is Cc1cnc(N[C@H](c2nnc3n2CCC3)C(C)C)c([N+](=O)[O-])c1. The van der Waals surface area contributed by atoms with Gasteiger partial charge in [-0.05, 0) is 24.8 Å². The molecule has 0 aromatic carbocycles. The van der Waals surface area contributed by atoms with Crippen LogP contribution in [0.15, 0.2) is 12.3 Å². The maximum atomic E-state index is 11.3. The van der Waals surface area contributed by atoms with E-state index in [0.717, 1.165) is 36.6 Å². The first-order valence-electron chi connectivity index (χ1n) is 7.77. The van der Waals surface area contributed by atoms with Gasteiger partial charge in [0.05, 0.1) is 11.0 Å². The second-order valence-corrected chi connectivity index (χ2v) is 6.23. The fourth-order valence-corrected chi connectivity index (χ4v) is 2.88. The average molecular weight is 316 g/mol. The smallest absolute Gasteiger partial charge is 0.311 e. The van der Waals surface area contributed by atoms with Crippen LogP contribution < -0.4 is 5.32 Å². The maximum absolute atomic E-state index is 11.3. The van der Waals surface area contributed by atoms with E-state index in [1.54, 1.807) is 13.1 Å². The topological polar surface area (TPSA) is 98.8 Å². The molecule has 3 rings (SSSR count). The number of pyridine rings is 1. The van der Waals surface area contributed by atoms with Crippen LogP contribution in [-0.2, 0) is 13.0 Å². The number of aromatic nitrogens is 4. The van der Waals surface area contributed by atoms with E-state index in [-0.39, 0.29) is 23.5 Å². The van der Waals surface area contributed by atoms with Crippen LogP contribution in [0.5, 0.6) is 0 Å². The number of hydrogen-bond donors (Lipinski definition) is 1. The second kappa shape index (κ2) is 5.94. The Balaban J connectivity index is 1.96. The van der Waals surface area contributed by atoms with Crippen molar-refractivity contribution in [2.75, 3.05) is 5.32 Å². The fraction of sp³-hybridized carbons (Fsp3) is 0.533. The molecule has 0 saturated carbocycles. The van der Waals surface area contributed by atoms with E-state index >= 15 is 0 Å². The van der Waals surface area contributed by atoms with Gasteiger partial charge < -0.3 is 9.88 Å². The maximum Gasteiger partial charge on any atom is 0.311 e. The van der Waals surface area contributed by atoms with Crippen molar-refractivity contribution >= 4 is 11.5 Å². The van der Waals surface area contributed by atoms with Gasteiger partial charge in [-0.15, -0.1) is 10.2 Å². The Morgan fingerprint density at radius 1 is 1.39 bits per heavy atom. The van der Waals surface area contributed by atoms with Gasteiger partial charge in [0.1, 0.15) is 5.82 Å². The van der Waals surface area contributed by atoms with E-state index in [1.807, 2.05) is 13.8 Å².